The molecule has 0 radical (unpaired) electrons. The highest BCUT2D eigenvalue weighted by Crippen LogP contribution is 2.45. The van der Waals surface area contributed by atoms with E-state index in [1.165, 1.54) is 75.1 Å². The molecule has 244 valence electrons. The first-order chi connectivity index (χ1) is 25.8. The van der Waals surface area contributed by atoms with Gasteiger partial charge < -0.3 is 4.90 Å². The zero-order chi connectivity index (χ0) is 34.4. The lowest BCUT2D eigenvalue weighted by Gasteiger charge is -2.29. The average molecular weight is 680 g/mol. The molecule has 0 unspecified atom stereocenters. The van der Waals surface area contributed by atoms with Gasteiger partial charge in [-0.05, 0) is 91.8 Å². The summed E-state index contributed by atoms with van der Waals surface area (Å²) in [7, 11) is 0. The van der Waals surface area contributed by atoms with Crippen molar-refractivity contribution in [3.63, 3.8) is 0 Å². The van der Waals surface area contributed by atoms with Gasteiger partial charge in [-0.2, -0.15) is 0 Å². The molecule has 2 heteroatoms. The summed E-state index contributed by atoms with van der Waals surface area (Å²) in [5, 5.41) is 7.60. The number of nitrogens with zero attached hydrogens (tertiary/aromatic N) is 1. The molecule has 0 bridgehead atoms. The third kappa shape index (κ3) is 5.24. The van der Waals surface area contributed by atoms with Gasteiger partial charge in [0.05, 0.1) is 5.69 Å². The molecule has 1 nitrogen and oxygen atoms in total. The van der Waals surface area contributed by atoms with Gasteiger partial charge in [0.25, 0.3) is 0 Å². The van der Waals surface area contributed by atoms with Crippen molar-refractivity contribution in [1.29, 1.82) is 0 Å². The number of fused-ring (bicyclic) bond motifs is 5. The monoisotopic (exact) mass is 679 g/mol. The van der Waals surface area contributed by atoms with Gasteiger partial charge in [0.15, 0.2) is 0 Å². The van der Waals surface area contributed by atoms with Gasteiger partial charge in [-0.15, -0.1) is 11.3 Å². The molecule has 0 aliphatic rings. The van der Waals surface area contributed by atoms with Crippen molar-refractivity contribution in [3.8, 4) is 33.4 Å². The number of rotatable bonds is 6. The summed E-state index contributed by atoms with van der Waals surface area (Å²) in [6.07, 6.45) is 0. The Hall–Kier alpha value is -6.48. The van der Waals surface area contributed by atoms with Crippen LogP contribution in [0.2, 0.25) is 0 Å². The third-order valence-corrected chi connectivity index (χ3v) is 11.4. The minimum Gasteiger partial charge on any atom is -0.310 e. The average Bonchev–Trinajstić information content (AvgIpc) is 3.60. The van der Waals surface area contributed by atoms with Gasteiger partial charge in [-0.25, -0.2) is 0 Å². The fraction of sp³-hybridized carbons (Fsp3) is 0. The van der Waals surface area contributed by atoms with Gasteiger partial charge in [-0.3, -0.25) is 0 Å². The highest BCUT2D eigenvalue weighted by Gasteiger charge is 2.20. The van der Waals surface area contributed by atoms with Crippen LogP contribution in [0.25, 0.3) is 75.1 Å². The molecule has 10 aromatic rings. The van der Waals surface area contributed by atoms with E-state index in [1.54, 1.807) is 0 Å². The topological polar surface area (TPSA) is 3.24 Å². The maximum absolute atomic E-state index is 2.44. The highest BCUT2D eigenvalue weighted by atomic mass is 32.1. The van der Waals surface area contributed by atoms with Crippen LogP contribution in [0.15, 0.2) is 200 Å². The minimum absolute atomic E-state index is 1.11. The largest absolute Gasteiger partial charge is 0.310 e. The quantitative estimate of drug-likeness (QED) is 0.169. The van der Waals surface area contributed by atoms with Gasteiger partial charge >= 0.3 is 0 Å². The van der Waals surface area contributed by atoms with Crippen LogP contribution in [0.5, 0.6) is 0 Å². The number of hydrogen-bond acceptors (Lipinski definition) is 2. The Bertz CT molecular complexity index is 2930. The molecule has 0 spiro atoms. The van der Waals surface area contributed by atoms with Crippen LogP contribution in [0, 0.1) is 0 Å². The molecule has 0 amide bonds. The normalized spacial score (nSPS) is 11.5. The molecule has 1 heterocycles. The number of hydrogen-bond donors (Lipinski definition) is 0. The van der Waals surface area contributed by atoms with Crippen molar-refractivity contribution in [2.75, 3.05) is 4.90 Å². The fourth-order valence-electron chi connectivity index (χ4n) is 7.77. The molecule has 10 rings (SSSR count). The summed E-state index contributed by atoms with van der Waals surface area (Å²) in [5.41, 5.74) is 10.6. The molecule has 52 heavy (non-hydrogen) atoms. The molecule has 0 atom stereocenters. The van der Waals surface area contributed by atoms with Crippen molar-refractivity contribution in [3.05, 3.63) is 200 Å². The standard InChI is InChI=1S/C50H33NS/c1-2-15-36-31-39(30-29-34(36)13-1)44-22-5-7-27-48(44)51(40-19-9-17-37(32-40)43-24-11-16-35-14-3-4-21-42(35)43)41-20-10-18-38(33-41)45-25-12-26-47-46-23-6-8-28-49(46)52-50(45)47/h1-33H. The van der Waals surface area contributed by atoms with E-state index >= 15 is 0 Å². The van der Waals surface area contributed by atoms with Gasteiger partial charge in [0.2, 0.25) is 0 Å². The SMILES string of the molecule is c1cc(-c2cccc3ccccc23)cc(N(c2cccc(-c3cccc4c3sc3ccccc34)c2)c2ccccc2-c2ccc3ccccc3c2)c1. The van der Waals surface area contributed by atoms with Crippen molar-refractivity contribution < 1.29 is 0 Å². The van der Waals surface area contributed by atoms with Crippen molar-refractivity contribution in [1.82, 2.24) is 0 Å². The van der Waals surface area contributed by atoms with Crippen molar-refractivity contribution >= 4 is 70.1 Å². The first kappa shape index (κ1) is 30.4. The van der Waals surface area contributed by atoms with E-state index in [4.69, 9.17) is 0 Å². The summed E-state index contributed by atoms with van der Waals surface area (Å²) in [4.78, 5) is 2.44. The van der Waals surface area contributed by atoms with E-state index < -0.39 is 0 Å². The number of para-hydroxylation sites is 1. The van der Waals surface area contributed by atoms with Gasteiger partial charge in [0, 0.05) is 37.1 Å². The number of thiophene rings is 1. The smallest absolute Gasteiger partial charge is 0.0540 e. The van der Waals surface area contributed by atoms with Crippen LogP contribution >= 0.6 is 11.3 Å². The summed E-state index contributed by atoms with van der Waals surface area (Å²) < 4.78 is 2.64. The van der Waals surface area contributed by atoms with E-state index in [2.05, 4.69) is 205 Å². The van der Waals surface area contributed by atoms with E-state index in [0.29, 0.717) is 0 Å². The molecule has 0 fully saturated rings. The van der Waals surface area contributed by atoms with E-state index in [0.717, 1.165) is 17.1 Å². The van der Waals surface area contributed by atoms with Gasteiger partial charge in [-0.1, -0.05) is 158 Å². The molecular formula is C50H33NS. The Morgan fingerprint density at radius 1 is 0.327 bits per heavy atom. The van der Waals surface area contributed by atoms with E-state index in [9.17, 15) is 0 Å². The van der Waals surface area contributed by atoms with Crippen LogP contribution in [0.3, 0.4) is 0 Å². The molecule has 1 aromatic heterocycles. The summed E-state index contributed by atoms with van der Waals surface area (Å²) >= 11 is 1.88. The minimum atomic E-state index is 1.11. The molecular weight excluding hydrogens is 647 g/mol. The van der Waals surface area contributed by atoms with Crippen LogP contribution in [0.1, 0.15) is 0 Å². The Morgan fingerprint density at radius 2 is 0.885 bits per heavy atom. The molecule has 0 saturated heterocycles. The van der Waals surface area contributed by atoms with E-state index in [1.807, 2.05) is 11.3 Å². The molecule has 0 aliphatic carbocycles. The second-order valence-electron chi connectivity index (χ2n) is 13.3. The fourth-order valence-corrected chi connectivity index (χ4v) is 9.01. The molecule has 9 aromatic carbocycles. The van der Waals surface area contributed by atoms with Crippen LogP contribution in [-0.4, -0.2) is 0 Å². The summed E-state index contributed by atoms with van der Waals surface area (Å²) in [5.74, 6) is 0. The first-order valence-corrected chi connectivity index (χ1v) is 18.6. The van der Waals surface area contributed by atoms with E-state index in [-0.39, 0.29) is 0 Å². The Labute approximate surface area is 307 Å². The van der Waals surface area contributed by atoms with Crippen molar-refractivity contribution in [2.45, 2.75) is 0 Å². The third-order valence-electron chi connectivity index (χ3n) is 10.2. The predicted molar refractivity (Wildman–Crippen MR) is 225 cm³/mol. The number of benzene rings is 9. The van der Waals surface area contributed by atoms with Crippen LogP contribution < -0.4 is 4.90 Å². The summed E-state index contributed by atoms with van der Waals surface area (Å²) in [6, 6.07) is 73.0. The lowest BCUT2D eigenvalue weighted by Crippen LogP contribution is -2.11. The second-order valence-corrected chi connectivity index (χ2v) is 14.4. The predicted octanol–water partition coefficient (Wildman–Crippen LogP) is 14.8. The zero-order valence-electron chi connectivity index (χ0n) is 28.4. The van der Waals surface area contributed by atoms with Crippen LogP contribution in [0.4, 0.5) is 17.1 Å². The lowest BCUT2D eigenvalue weighted by molar-refractivity contribution is 1.28. The van der Waals surface area contributed by atoms with Crippen LogP contribution in [-0.2, 0) is 0 Å². The molecule has 0 N–H and O–H groups in total. The van der Waals surface area contributed by atoms with Crippen molar-refractivity contribution in [2.24, 2.45) is 0 Å². The molecule has 0 aliphatic heterocycles. The second kappa shape index (κ2) is 12.7. The van der Waals surface area contributed by atoms with Gasteiger partial charge in [0.1, 0.15) is 0 Å². The molecule has 0 saturated carbocycles. The zero-order valence-corrected chi connectivity index (χ0v) is 29.2. The maximum atomic E-state index is 2.44. The Kier molecular flexibility index (Phi) is 7.41. The Morgan fingerprint density at radius 3 is 1.73 bits per heavy atom. The lowest BCUT2D eigenvalue weighted by atomic mass is 9.96. The first-order valence-electron chi connectivity index (χ1n) is 17.8. The number of anilines is 3. The summed E-state index contributed by atoms with van der Waals surface area (Å²) in [6.45, 7) is 0. The Balaban J connectivity index is 1.19. The maximum Gasteiger partial charge on any atom is 0.0540 e. The highest BCUT2D eigenvalue weighted by molar-refractivity contribution is 7.26.